The molecule has 2 heterocycles. The normalized spacial score (nSPS) is 15.5. The molecule has 0 spiro atoms. The van der Waals surface area contributed by atoms with Crippen molar-refractivity contribution in [2.75, 3.05) is 44.7 Å². The van der Waals surface area contributed by atoms with Gasteiger partial charge in [-0.05, 0) is 31.7 Å². The number of carbonyl (C=O) groups is 1. The summed E-state index contributed by atoms with van der Waals surface area (Å²) in [7, 11) is 2.11. The lowest BCUT2D eigenvalue weighted by atomic mass is 10.1. The molecule has 5 nitrogen and oxygen atoms in total. The second-order valence-electron chi connectivity index (χ2n) is 5.94. The minimum absolute atomic E-state index is 0.313. The van der Waals surface area contributed by atoms with Crippen molar-refractivity contribution >= 4 is 23.3 Å². The van der Waals surface area contributed by atoms with E-state index in [4.69, 9.17) is 16.3 Å². The number of piperazine rings is 1. The second-order valence-corrected chi connectivity index (χ2v) is 6.38. The fourth-order valence-corrected chi connectivity index (χ4v) is 3.11. The minimum atomic E-state index is -0.313. The number of carbonyl (C=O) groups excluding carboxylic acids is 1. The van der Waals surface area contributed by atoms with E-state index in [1.165, 1.54) is 0 Å². The van der Waals surface area contributed by atoms with Crippen molar-refractivity contribution in [1.82, 2.24) is 9.88 Å². The molecule has 0 aliphatic carbocycles. The molecule has 0 atom stereocenters. The standard InChI is InChI=1S/C18H22ClN3O2/c1-3-24-18(23)16-17(22-10-8-21(2)9-11-22)15(12-20-16)13-4-6-14(19)7-5-13/h4-7,12,20H,3,8-11H2,1-2H3. The molecule has 1 saturated heterocycles. The van der Waals surface area contributed by atoms with Gasteiger partial charge in [0.1, 0.15) is 5.69 Å². The highest BCUT2D eigenvalue weighted by Gasteiger charge is 2.26. The summed E-state index contributed by atoms with van der Waals surface area (Å²) in [6.07, 6.45) is 1.88. The SMILES string of the molecule is CCOC(=O)c1[nH]cc(-c2ccc(Cl)cc2)c1N1CCN(C)CC1. The molecule has 1 aliphatic heterocycles. The monoisotopic (exact) mass is 347 g/mol. The number of H-pyrrole nitrogens is 1. The summed E-state index contributed by atoms with van der Waals surface area (Å²) in [5.41, 5.74) is 3.47. The molecule has 24 heavy (non-hydrogen) atoms. The largest absolute Gasteiger partial charge is 0.461 e. The molecule has 2 aromatic rings. The Bertz CT molecular complexity index is 704. The Morgan fingerprint density at radius 2 is 1.88 bits per heavy atom. The summed E-state index contributed by atoms with van der Waals surface area (Å²) in [4.78, 5) is 20.0. The Morgan fingerprint density at radius 1 is 1.21 bits per heavy atom. The molecular weight excluding hydrogens is 326 g/mol. The van der Waals surface area contributed by atoms with Gasteiger partial charge in [-0.25, -0.2) is 4.79 Å². The molecule has 6 heteroatoms. The highest BCUT2D eigenvalue weighted by molar-refractivity contribution is 6.30. The smallest absolute Gasteiger partial charge is 0.356 e. The maximum absolute atomic E-state index is 12.4. The number of esters is 1. The summed E-state index contributed by atoms with van der Waals surface area (Å²) >= 11 is 6.00. The third-order valence-electron chi connectivity index (χ3n) is 4.31. The Labute approximate surface area is 147 Å². The first-order valence-electron chi connectivity index (χ1n) is 8.18. The van der Waals surface area contributed by atoms with Crippen molar-refractivity contribution in [3.63, 3.8) is 0 Å². The van der Waals surface area contributed by atoms with Crippen molar-refractivity contribution in [2.24, 2.45) is 0 Å². The van der Waals surface area contributed by atoms with Gasteiger partial charge in [-0.2, -0.15) is 0 Å². The van der Waals surface area contributed by atoms with Crippen LogP contribution in [-0.4, -0.2) is 55.7 Å². The summed E-state index contributed by atoms with van der Waals surface area (Å²) in [5.74, 6) is -0.313. The van der Waals surface area contributed by atoms with E-state index in [2.05, 4.69) is 21.8 Å². The zero-order valence-corrected chi connectivity index (χ0v) is 14.8. The van der Waals surface area contributed by atoms with Gasteiger partial charge in [0.25, 0.3) is 0 Å². The van der Waals surface area contributed by atoms with E-state index in [-0.39, 0.29) is 5.97 Å². The highest BCUT2D eigenvalue weighted by Crippen LogP contribution is 2.35. The average Bonchev–Trinajstić information content (AvgIpc) is 3.01. The molecule has 128 valence electrons. The third-order valence-corrected chi connectivity index (χ3v) is 4.56. The molecule has 3 rings (SSSR count). The van der Waals surface area contributed by atoms with Gasteiger partial charge >= 0.3 is 5.97 Å². The first-order valence-corrected chi connectivity index (χ1v) is 8.56. The topological polar surface area (TPSA) is 48.6 Å². The first-order chi connectivity index (χ1) is 11.6. The average molecular weight is 348 g/mol. The molecule has 1 aromatic carbocycles. The fourth-order valence-electron chi connectivity index (χ4n) is 2.98. The van der Waals surface area contributed by atoms with Crippen molar-refractivity contribution in [2.45, 2.75) is 6.92 Å². The zero-order valence-electron chi connectivity index (χ0n) is 14.0. The van der Waals surface area contributed by atoms with E-state index in [0.29, 0.717) is 17.3 Å². The van der Waals surface area contributed by atoms with E-state index in [1.807, 2.05) is 37.4 Å². The number of aromatic nitrogens is 1. The van der Waals surface area contributed by atoms with Gasteiger partial charge < -0.3 is 19.5 Å². The lowest BCUT2D eigenvalue weighted by Gasteiger charge is -2.34. The van der Waals surface area contributed by atoms with Gasteiger partial charge in [0.15, 0.2) is 0 Å². The molecule has 1 N–H and O–H groups in total. The van der Waals surface area contributed by atoms with Crippen LogP contribution in [0.4, 0.5) is 5.69 Å². The van der Waals surface area contributed by atoms with Crippen LogP contribution >= 0.6 is 11.6 Å². The van der Waals surface area contributed by atoms with Crippen LogP contribution in [0.25, 0.3) is 11.1 Å². The van der Waals surface area contributed by atoms with Gasteiger partial charge in [0.05, 0.1) is 12.3 Å². The summed E-state index contributed by atoms with van der Waals surface area (Å²) < 4.78 is 5.22. The number of ether oxygens (including phenoxy) is 1. The lowest BCUT2D eigenvalue weighted by molar-refractivity contribution is 0.0521. The highest BCUT2D eigenvalue weighted by atomic mass is 35.5. The molecule has 0 amide bonds. The van der Waals surface area contributed by atoms with Crippen molar-refractivity contribution in [3.8, 4) is 11.1 Å². The number of hydrogen-bond donors (Lipinski definition) is 1. The van der Waals surface area contributed by atoms with E-state index >= 15 is 0 Å². The van der Waals surface area contributed by atoms with E-state index in [0.717, 1.165) is 43.0 Å². The molecule has 0 unspecified atom stereocenters. The van der Waals surface area contributed by atoms with Gasteiger partial charge in [0, 0.05) is 43.0 Å². The molecule has 1 aliphatic rings. The molecular formula is C18H22ClN3O2. The van der Waals surface area contributed by atoms with Crippen molar-refractivity contribution in [1.29, 1.82) is 0 Å². The van der Waals surface area contributed by atoms with Crippen LogP contribution in [0.3, 0.4) is 0 Å². The number of hydrogen-bond acceptors (Lipinski definition) is 4. The van der Waals surface area contributed by atoms with Crippen LogP contribution in [0.1, 0.15) is 17.4 Å². The Hall–Kier alpha value is -1.98. The fraction of sp³-hybridized carbons (Fsp3) is 0.389. The Kier molecular flexibility index (Phi) is 5.11. The second kappa shape index (κ2) is 7.28. The lowest BCUT2D eigenvalue weighted by Crippen LogP contribution is -2.45. The van der Waals surface area contributed by atoms with E-state index < -0.39 is 0 Å². The number of aromatic amines is 1. The predicted octanol–water partition coefficient (Wildman–Crippen LogP) is 3.26. The van der Waals surface area contributed by atoms with Crippen LogP contribution < -0.4 is 4.90 Å². The Balaban J connectivity index is 2.02. The van der Waals surface area contributed by atoms with Crippen LogP contribution in [0.15, 0.2) is 30.5 Å². The minimum Gasteiger partial charge on any atom is -0.461 e. The van der Waals surface area contributed by atoms with Crippen molar-refractivity contribution in [3.05, 3.63) is 41.2 Å². The first kappa shape index (κ1) is 16.9. The number of anilines is 1. The molecule has 1 fully saturated rings. The summed E-state index contributed by atoms with van der Waals surface area (Å²) in [6.45, 7) is 5.86. The zero-order chi connectivity index (χ0) is 17.1. The van der Waals surface area contributed by atoms with Crippen LogP contribution in [0.2, 0.25) is 5.02 Å². The maximum Gasteiger partial charge on any atom is 0.356 e. The quantitative estimate of drug-likeness (QED) is 0.862. The van der Waals surface area contributed by atoms with Crippen LogP contribution in [-0.2, 0) is 4.74 Å². The van der Waals surface area contributed by atoms with Crippen LogP contribution in [0, 0.1) is 0 Å². The molecule has 0 bridgehead atoms. The van der Waals surface area contributed by atoms with E-state index in [9.17, 15) is 4.79 Å². The summed E-state index contributed by atoms with van der Waals surface area (Å²) in [6, 6.07) is 7.67. The van der Waals surface area contributed by atoms with Gasteiger partial charge in [-0.1, -0.05) is 23.7 Å². The number of rotatable bonds is 4. The Morgan fingerprint density at radius 3 is 2.50 bits per heavy atom. The van der Waals surface area contributed by atoms with Gasteiger partial charge in [0.2, 0.25) is 0 Å². The molecule has 0 radical (unpaired) electrons. The predicted molar refractivity (Wildman–Crippen MR) is 96.9 cm³/mol. The number of nitrogens with zero attached hydrogens (tertiary/aromatic N) is 2. The third kappa shape index (κ3) is 3.42. The van der Waals surface area contributed by atoms with Crippen LogP contribution in [0.5, 0.6) is 0 Å². The number of likely N-dealkylation sites (N-methyl/N-ethyl adjacent to an activating group) is 1. The number of benzene rings is 1. The molecule has 0 saturated carbocycles. The van der Waals surface area contributed by atoms with Gasteiger partial charge in [-0.15, -0.1) is 0 Å². The van der Waals surface area contributed by atoms with Crippen molar-refractivity contribution < 1.29 is 9.53 Å². The van der Waals surface area contributed by atoms with Gasteiger partial charge in [-0.3, -0.25) is 0 Å². The number of nitrogens with one attached hydrogen (secondary N) is 1. The number of halogens is 1. The summed E-state index contributed by atoms with van der Waals surface area (Å²) in [5, 5.41) is 0.695. The maximum atomic E-state index is 12.4. The van der Waals surface area contributed by atoms with E-state index in [1.54, 1.807) is 0 Å². The molecule has 1 aromatic heterocycles.